The molecule has 0 unspecified atom stereocenters. The van der Waals surface area contributed by atoms with Crippen LogP contribution in [-0.4, -0.2) is 71.7 Å². The fourth-order valence-electron chi connectivity index (χ4n) is 7.73. The lowest BCUT2D eigenvalue weighted by Crippen LogP contribution is -2.62. The number of benzene rings is 1. The van der Waals surface area contributed by atoms with E-state index in [2.05, 4.69) is 9.88 Å². The summed E-state index contributed by atoms with van der Waals surface area (Å²) in [7, 11) is -3.77. The molecular weight excluding hydrogens is 708 g/mol. The lowest BCUT2D eigenvalue weighted by atomic mass is 9.66. The molecular formula is C35H38ClF2N5O5S2. The molecule has 1 atom stereocenters. The Labute approximate surface area is 297 Å². The van der Waals surface area contributed by atoms with Gasteiger partial charge >= 0.3 is 0 Å². The number of sulfonamides is 1. The predicted octanol–water partition coefficient (Wildman–Crippen LogP) is 5.93. The molecule has 1 saturated heterocycles. The van der Waals surface area contributed by atoms with Crippen LogP contribution in [0.3, 0.4) is 0 Å². The molecule has 3 aromatic heterocycles. The Bertz CT molecular complexity index is 2170. The number of ether oxygens (including phenoxy) is 1. The highest BCUT2D eigenvalue weighted by molar-refractivity contribution is 7.89. The van der Waals surface area contributed by atoms with Crippen LogP contribution in [0.2, 0.25) is 5.02 Å². The first-order valence-corrected chi connectivity index (χ1v) is 19.8. The highest BCUT2D eigenvalue weighted by atomic mass is 35.5. The lowest BCUT2D eigenvalue weighted by Gasteiger charge is -2.56. The maximum Gasteiger partial charge on any atom is 0.267 e. The molecule has 266 valence electrons. The maximum atomic E-state index is 13.9. The van der Waals surface area contributed by atoms with Crippen molar-refractivity contribution in [2.45, 2.75) is 77.3 Å². The minimum Gasteiger partial charge on any atom is -0.491 e. The molecule has 15 heteroatoms. The summed E-state index contributed by atoms with van der Waals surface area (Å²) in [4.78, 5) is 38.3. The molecule has 4 heterocycles. The third kappa shape index (κ3) is 6.91. The number of alkyl halides is 2. The summed E-state index contributed by atoms with van der Waals surface area (Å²) in [6, 6.07) is 7.28. The van der Waals surface area contributed by atoms with Gasteiger partial charge in [-0.3, -0.25) is 24.0 Å². The Morgan fingerprint density at radius 3 is 2.58 bits per heavy atom. The molecule has 50 heavy (non-hydrogen) atoms. The highest BCUT2D eigenvalue weighted by Gasteiger charge is 2.51. The van der Waals surface area contributed by atoms with E-state index in [1.807, 2.05) is 17.7 Å². The van der Waals surface area contributed by atoms with Crippen LogP contribution < -0.4 is 15.0 Å². The normalized spacial score (nSPS) is 20.0. The van der Waals surface area contributed by atoms with Crippen LogP contribution in [0.4, 0.5) is 8.78 Å². The van der Waals surface area contributed by atoms with Crippen LogP contribution in [0.15, 0.2) is 34.4 Å². The Kier molecular flexibility index (Phi) is 9.05. The number of hydrogen-bond donors (Lipinski definition) is 1. The lowest BCUT2D eigenvalue weighted by molar-refractivity contribution is -0.123. The number of fused-ring (bicyclic) bond motifs is 2. The van der Waals surface area contributed by atoms with Gasteiger partial charge in [-0.15, -0.1) is 11.3 Å². The molecule has 3 aliphatic rings. The number of nitrogens with one attached hydrogen (secondary N) is 1. The van der Waals surface area contributed by atoms with Gasteiger partial charge in [0, 0.05) is 64.8 Å². The van der Waals surface area contributed by atoms with E-state index in [1.165, 1.54) is 11.3 Å². The molecule has 2 aliphatic carbocycles. The SMILES string of the molecule is Cc1cc(-c2cc(Cl)ccc2OCCn2c(C)nc3c(c2=O)C[C@@H](N2CC4(CCC(F)(F)CC4)C2)CC3)c2scc(C(=O)NS(C)(=O)=O)c2n1. The van der Waals surface area contributed by atoms with Gasteiger partial charge < -0.3 is 4.74 Å². The van der Waals surface area contributed by atoms with Crippen molar-refractivity contribution < 1.29 is 26.7 Å². The zero-order valence-electron chi connectivity index (χ0n) is 28.0. The minimum atomic E-state index is -3.77. The zero-order valence-corrected chi connectivity index (χ0v) is 30.4. The molecule has 1 N–H and O–H groups in total. The first-order chi connectivity index (χ1) is 23.6. The van der Waals surface area contributed by atoms with E-state index in [0.29, 0.717) is 63.8 Å². The third-order valence-electron chi connectivity index (χ3n) is 10.3. The van der Waals surface area contributed by atoms with E-state index in [4.69, 9.17) is 21.3 Å². The van der Waals surface area contributed by atoms with Crippen molar-refractivity contribution in [3.05, 3.63) is 73.4 Å². The second-order valence-electron chi connectivity index (χ2n) is 14.0. The standard InChI is InChI=1S/C35H38ClF2N5O5S2/c1-20-14-25(31-30(39-20)27(17-49-31)32(44)41-50(3,46)47)24-15-22(36)4-7-29(24)48-13-12-43-21(2)40-28-6-5-23(16-26(28)33(43)45)42-18-34(19-42)8-10-35(37,38)11-9-34/h4,7,14-15,17,23H,5-6,8-13,16,18-19H2,1-3H3,(H,41,44)/t23-/m0/s1. The Morgan fingerprint density at radius 1 is 1.12 bits per heavy atom. The van der Waals surface area contributed by atoms with E-state index in [-0.39, 0.29) is 48.6 Å². The number of nitrogens with zero attached hydrogens (tertiary/aromatic N) is 4. The quantitative estimate of drug-likeness (QED) is 0.236. The van der Waals surface area contributed by atoms with Gasteiger partial charge in [0.2, 0.25) is 15.9 Å². The van der Waals surface area contributed by atoms with Gasteiger partial charge in [0.05, 0.1) is 34.3 Å². The summed E-state index contributed by atoms with van der Waals surface area (Å²) in [6.45, 7) is 5.67. The molecule has 4 aromatic rings. The van der Waals surface area contributed by atoms with Crippen LogP contribution in [0, 0.1) is 19.3 Å². The van der Waals surface area contributed by atoms with Gasteiger partial charge in [-0.1, -0.05) is 11.6 Å². The van der Waals surface area contributed by atoms with E-state index in [0.717, 1.165) is 42.6 Å². The Hall–Kier alpha value is -3.46. The van der Waals surface area contributed by atoms with E-state index in [9.17, 15) is 26.8 Å². The topological polar surface area (TPSA) is 123 Å². The van der Waals surface area contributed by atoms with Crippen LogP contribution in [0.25, 0.3) is 21.3 Å². The second kappa shape index (κ2) is 12.9. The molecule has 0 bridgehead atoms. The van der Waals surface area contributed by atoms with E-state index >= 15 is 0 Å². The van der Waals surface area contributed by atoms with E-state index < -0.39 is 21.9 Å². The predicted molar refractivity (Wildman–Crippen MR) is 189 cm³/mol. The van der Waals surface area contributed by atoms with Gasteiger partial charge in [0.1, 0.15) is 18.2 Å². The summed E-state index contributed by atoms with van der Waals surface area (Å²) in [5.41, 5.74) is 3.98. The molecule has 7 rings (SSSR count). The molecule has 1 amide bonds. The number of aryl methyl sites for hydroxylation is 3. The van der Waals surface area contributed by atoms with Crippen molar-refractivity contribution in [2.75, 3.05) is 26.0 Å². The van der Waals surface area contributed by atoms with Gasteiger partial charge in [0.25, 0.3) is 11.5 Å². The maximum absolute atomic E-state index is 13.9. The van der Waals surface area contributed by atoms with Crippen molar-refractivity contribution in [2.24, 2.45) is 5.41 Å². The second-order valence-corrected chi connectivity index (χ2v) is 17.1. The van der Waals surface area contributed by atoms with Crippen molar-refractivity contribution in [1.82, 2.24) is 24.2 Å². The number of carbonyl (C=O) groups excluding carboxylic acids is 1. The summed E-state index contributed by atoms with van der Waals surface area (Å²) in [6.07, 6.45) is 4.18. The summed E-state index contributed by atoms with van der Waals surface area (Å²) >= 11 is 7.70. The first-order valence-electron chi connectivity index (χ1n) is 16.7. The van der Waals surface area contributed by atoms with Crippen molar-refractivity contribution in [3.63, 3.8) is 0 Å². The molecule has 1 spiro atoms. The van der Waals surface area contributed by atoms with E-state index in [1.54, 1.807) is 35.1 Å². The smallest absolute Gasteiger partial charge is 0.267 e. The van der Waals surface area contributed by atoms with Gasteiger partial charge in [-0.2, -0.15) is 0 Å². The number of carbonyl (C=O) groups is 1. The molecule has 1 aliphatic heterocycles. The fraction of sp³-hybridized carbons (Fsp3) is 0.486. The Balaban J connectivity index is 1.08. The highest BCUT2D eigenvalue weighted by Crippen LogP contribution is 2.50. The number of pyridine rings is 1. The summed E-state index contributed by atoms with van der Waals surface area (Å²) < 4.78 is 61.6. The number of thiophene rings is 1. The minimum absolute atomic E-state index is 0.00899. The number of halogens is 3. The number of amides is 1. The van der Waals surface area contributed by atoms with Gasteiger partial charge in [0.15, 0.2) is 0 Å². The largest absolute Gasteiger partial charge is 0.491 e. The van der Waals surface area contributed by atoms with Crippen LogP contribution in [0.1, 0.15) is 65.2 Å². The fourth-order valence-corrected chi connectivity index (χ4v) is 9.36. The monoisotopic (exact) mass is 745 g/mol. The summed E-state index contributed by atoms with van der Waals surface area (Å²) in [5, 5.41) is 2.04. The molecule has 1 saturated carbocycles. The van der Waals surface area contributed by atoms with Crippen LogP contribution in [0.5, 0.6) is 5.75 Å². The van der Waals surface area contributed by atoms with Crippen molar-refractivity contribution in [3.8, 4) is 16.9 Å². The van der Waals surface area contributed by atoms with Crippen LogP contribution in [-0.2, 0) is 29.4 Å². The Morgan fingerprint density at radius 2 is 1.86 bits per heavy atom. The third-order valence-corrected chi connectivity index (χ3v) is 12.1. The van der Waals surface area contributed by atoms with Crippen molar-refractivity contribution >= 4 is 49.1 Å². The van der Waals surface area contributed by atoms with Gasteiger partial charge in [-0.25, -0.2) is 26.9 Å². The number of hydrogen-bond acceptors (Lipinski definition) is 9. The van der Waals surface area contributed by atoms with Crippen molar-refractivity contribution in [1.29, 1.82) is 0 Å². The molecule has 10 nitrogen and oxygen atoms in total. The number of aromatic nitrogens is 3. The summed E-state index contributed by atoms with van der Waals surface area (Å²) in [5.74, 6) is -2.17. The molecule has 1 aromatic carbocycles. The number of likely N-dealkylation sites (tertiary alicyclic amines) is 1. The zero-order chi connectivity index (χ0) is 35.6. The first kappa shape index (κ1) is 35.0. The van der Waals surface area contributed by atoms with Crippen LogP contribution >= 0.6 is 22.9 Å². The average molecular weight is 746 g/mol. The molecule has 0 radical (unpaired) electrons. The number of rotatable bonds is 8. The average Bonchev–Trinajstić information content (AvgIpc) is 3.45. The van der Waals surface area contributed by atoms with Gasteiger partial charge in [-0.05, 0) is 75.6 Å². The molecule has 2 fully saturated rings.